The Hall–Kier alpha value is -1.92. The van der Waals surface area contributed by atoms with Gasteiger partial charge in [-0.2, -0.15) is 0 Å². The largest absolute Gasteiger partial charge is 0.481 e. The van der Waals surface area contributed by atoms with Gasteiger partial charge >= 0.3 is 11.1 Å². The molecule has 130 valence electrons. The summed E-state index contributed by atoms with van der Waals surface area (Å²) in [6, 6.07) is 0.870. The van der Waals surface area contributed by atoms with Gasteiger partial charge in [-0.1, -0.05) is 4.98 Å². The van der Waals surface area contributed by atoms with Crippen molar-refractivity contribution in [2.24, 2.45) is 11.1 Å². The average molecular weight is 372 g/mol. The third-order valence-electron chi connectivity index (χ3n) is 4.12. The predicted molar refractivity (Wildman–Crippen MR) is 90.1 cm³/mol. The number of anilines is 2. The smallest absolute Gasteiger partial charge is 0.322 e. The van der Waals surface area contributed by atoms with Gasteiger partial charge in [-0.25, -0.2) is 0 Å². The molecule has 0 spiro atoms. The molecule has 1 aromatic rings. The molecule has 0 saturated carbocycles. The third kappa shape index (κ3) is 2.59. The van der Waals surface area contributed by atoms with Gasteiger partial charge in [-0.05, 0) is 11.8 Å². The van der Waals surface area contributed by atoms with Gasteiger partial charge in [0.25, 0.3) is 0 Å². The van der Waals surface area contributed by atoms with Crippen LogP contribution in [0.15, 0.2) is 11.2 Å². The number of nitrogens with zero attached hydrogens (tertiary/aromatic N) is 3. The number of amides is 1. The Morgan fingerprint density at radius 2 is 2.29 bits per heavy atom. The maximum Gasteiger partial charge on any atom is 0.322 e. The standard InChI is InChI=1S/C12H17N7O3S2/c13-5-1-6(14)19(16)11(17-5)24-4-12(10(21)22)2-18-8(20)7(15)9(18)23-3-12/h1,7,9H,2-4,15-16H2,(H4,13,14,21,22)/p+1/t7?,9-,12?/m1/s1. The van der Waals surface area contributed by atoms with Crippen molar-refractivity contribution in [3.8, 4) is 0 Å². The molecule has 2 saturated heterocycles. The van der Waals surface area contributed by atoms with Gasteiger partial charge in [-0.15, -0.1) is 16.4 Å². The summed E-state index contributed by atoms with van der Waals surface area (Å²) < 4.78 is 1.15. The molecule has 2 aliphatic rings. The van der Waals surface area contributed by atoms with Crippen LogP contribution in [0.5, 0.6) is 0 Å². The Bertz CT molecular complexity index is 718. The molecular formula is C12H18N7O3S2+. The maximum absolute atomic E-state index is 11.9. The highest BCUT2D eigenvalue weighted by Gasteiger charge is 2.55. The molecule has 2 aliphatic heterocycles. The quantitative estimate of drug-likeness (QED) is 0.126. The number of carbonyl (C=O) groups is 2. The molecule has 0 aliphatic carbocycles. The van der Waals surface area contributed by atoms with E-state index in [2.05, 4.69) is 4.98 Å². The molecule has 2 unspecified atom stereocenters. The minimum atomic E-state index is -1.12. The summed E-state index contributed by atoms with van der Waals surface area (Å²) in [5.41, 5.74) is 16.0. The Labute approximate surface area is 145 Å². The summed E-state index contributed by atoms with van der Waals surface area (Å²) in [6.07, 6.45) is 0. The number of carboxylic acids is 1. The van der Waals surface area contributed by atoms with E-state index >= 15 is 0 Å². The van der Waals surface area contributed by atoms with E-state index in [-0.39, 0.29) is 35.2 Å². The average Bonchev–Trinajstić information content (AvgIpc) is 2.55. The summed E-state index contributed by atoms with van der Waals surface area (Å²) in [4.78, 5) is 29.3. The van der Waals surface area contributed by atoms with Crippen LogP contribution in [0.4, 0.5) is 11.6 Å². The zero-order chi connectivity index (χ0) is 17.6. The van der Waals surface area contributed by atoms with Gasteiger partial charge in [0.1, 0.15) is 16.8 Å². The molecule has 0 radical (unpaired) electrons. The number of hydrogen-bond acceptors (Lipinski definition) is 9. The first-order valence-corrected chi connectivity index (χ1v) is 9.05. The fraction of sp³-hybridized carbons (Fsp3) is 0.500. The van der Waals surface area contributed by atoms with Crippen LogP contribution in [0.1, 0.15) is 0 Å². The zero-order valence-electron chi connectivity index (χ0n) is 12.6. The van der Waals surface area contributed by atoms with Crippen molar-refractivity contribution in [2.45, 2.75) is 16.6 Å². The zero-order valence-corrected chi connectivity index (χ0v) is 14.2. The fourth-order valence-corrected chi connectivity index (χ4v) is 5.39. The summed E-state index contributed by atoms with van der Waals surface area (Å²) >= 11 is 2.53. The maximum atomic E-state index is 11.9. The number of fused-ring (bicyclic) bond motifs is 1. The van der Waals surface area contributed by atoms with Crippen molar-refractivity contribution in [3.05, 3.63) is 6.07 Å². The van der Waals surface area contributed by atoms with Crippen LogP contribution in [0.2, 0.25) is 0 Å². The second kappa shape index (κ2) is 5.86. The number of thioether (sulfide) groups is 2. The van der Waals surface area contributed by atoms with Crippen LogP contribution >= 0.6 is 23.5 Å². The lowest BCUT2D eigenvalue weighted by Crippen LogP contribution is -2.72. The van der Waals surface area contributed by atoms with Crippen molar-refractivity contribution >= 4 is 47.0 Å². The number of nitrogens with two attached hydrogens (primary N) is 4. The Morgan fingerprint density at radius 3 is 2.96 bits per heavy atom. The van der Waals surface area contributed by atoms with Crippen LogP contribution in [-0.4, -0.2) is 56.3 Å². The molecular weight excluding hydrogens is 354 g/mol. The van der Waals surface area contributed by atoms with Gasteiger partial charge in [0.15, 0.2) is 0 Å². The lowest BCUT2D eigenvalue weighted by atomic mass is 9.89. The number of aromatic nitrogens is 2. The van der Waals surface area contributed by atoms with Gasteiger partial charge in [-0.3, -0.25) is 15.4 Å². The SMILES string of the molecule is Nc1cc(N)[n+](N)c(SCC2(C(=O)O)CS[C@@H]3C(N)C(=O)N3C2)n1. The minimum Gasteiger partial charge on any atom is -0.481 e. The number of aliphatic carboxylic acids is 1. The van der Waals surface area contributed by atoms with E-state index in [0.29, 0.717) is 10.9 Å². The van der Waals surface area contributed by atoms with Crippen LogP contribution in [0.3, 0.4) is 0 Å². The van der Waals surface area contributed by atoms with Crippen LogP contribution in [0.25, 0.3) is 0 Å². The highest BCUT2D eigenvalue weighted by molar-refractivity contribution is 8.00. The number of nitrogen functional groups attached to an aromatic ring is 3. The van der Waals surface area contributed by atoms with Crippen molar-refractivity contribution in [3.63, 3.8) is 0 Å². The lowest BCUT2D eigenvalue weighted by Gasteiger charge is -2.52. The lowest BCUT2D eigenvalue weighted by molar-refractivity contribution is -0.667. The predicted octanol–water partition coefficient (Wildman–Crippen LogP) is -2.35. The van der Waals surface area contributed by atoms with E-state index in [4.69, 9.17) is 23.0 Å². The van der Waals surface area contributed by atoms with Crippen molar-refractivity contribution in [1.29, 1.82) is 0 Å². The van der Waals surface area contributed by atoms with Crippen LogP contribution in [-0.2, 0) is 9.59 Å². The highest BCUT2D eigenvalue weighted by Crippen LogP contribution is 2.43. The minimum absolute atomic E-state index is 0.113. The third-order valence-corrected chi connectivity index (χ3v) is 6.97. The molecule has 3 heterocycles. The van der Waals surface area contributed by atoms with E-state index in [1.807, 2.05) is 0 Å². The first-order valence-electron chi connectivity index (χ1n) is 7.02. The van der Waals surface area contributed by atoms with Crippen molar-refractivity contribution in [1.82, 2.24) is 9.88 Å². The molecule has 9 N–H and O–H groups in total. The molecule has 0 bridgehead atoms. The van der Waals surface area contributed by atoms with E-state index in [9.17, 15) is 14.7 Å². The van der Waals surface area contributed by atoms with Gasteiger partial charge < -0.3 is 27.2 Å². The summed E-state index contributed by atoms with van der Waals surface area (Å²) in [7, 11) is 0. The van der Waals surface area contributed by atoms with Gasteiger partial charge in [0.2, 0.25) is 17.5 Å². The van der Waals surface area contributed by atoms with E-state index in [1.165, 1.54) is 22.7 Å². The Balaban J connectivity index is 1.79. The fourth-order valence-electron chi connectivity index (χ4n) is 2.64. The number of hydrogen-bond donors (Lipinski definition) is 5. The normalized spacial score (nSPS) is 29.0. The Kier molecular flexibility index (Phi) is 4.13. The topological polar surface area (TPSA) is 178 Å². The van der Waals surface area contributed by atoms with Crippen LogP contribution in [0, 0.1) is 5.41 Å². The highest BCUT2D eigenvalue weighted by atomic mass is 32.2. The molecule has 3 atom stereocenters. The molecule has 24 heavy (non-hydrogen) atoms. The van der Waals surface area contributed by atoms with E-state index < -0.39 is 17.4 Å². The number of β-lactam (4-membered cyclic amide) rings is 1. The van der Waals surface area contributed by atoms with Gasteiger partial charge in [0, 0.05) is 18.1 Å². The molecule has 0 aromatic carbocycles. The Morgan fingerprint density at radius 1 is 1.58 bits per heavy atom. The van der Waals surface area contributed by atoms with Crippen molar-refractivity contribution in [2.75, 3.05) is 35.4 Å². The second-order valence-electron chi connectivity index (χ2n) is 5.83. The second-order valence-corrected chi connectivity index (χ2v) is 7.87. The number of rotatable bonds is 4. The molecule has 12 heteroatoms. The monoisotopic (exact) mass is 372 g/mol. The number of carbonyl (C=O) groups excluding carboxylic acids is 1. The summed E-state index contributed by atoms with van der Waals surface area (Å²) in [6.45, 7) is 0.113. The first kappa shape index (κ1) is 16.9. The first-order chi connectivity index (χ1) is 11.2. The molecule has 2 fully saturated rings. The van der Waals surface area contributed by atoms with Gasteiger partial charge in [0.05, 0.1) is 6.07 Å². The van der Waals surface area contributed by atoms with Crippen LogP contribution < -0.4 is 27.7 Å². The molecule has 10 nitrogen and oxygen atoms in total. The molecule has 3 rings (SSSR count). The summed E-state index contributed by atoms with van der Waals surface area (Å²) in [5, 5.41) is 9.89. The van der Waals surface area contributed by atoms with Crippen molar-refractivity contribution < 1.29 is 19.4 Å². The van der Waals surface area contributed by atoms with E-state index in [1.54, 1.807) is 0 Å². The van der Waals surface area contributed by atoms with E-state index in [0.717, 1.165) is 16.4 Å². The summed E-state index contributed by atoms with van der Waals surface area (Å²) in [5.74, 6) is 5.55. The number of carboxylic acid groups (broad SMARTS) is 1. The molecule has 1 aromatic heterocycles. The molecule has 1 amide bonds.